The minimum Gasteiger partial charge on any atom is -0.388 e. The molecule has 136 valence electrons. The van der Waals surface area contributed by atoms with E-state index in [4.69, 9.17) is 0 Å². The summed E-state index contributed by atoms with van der Waals surface area (Å²) >= 11 is 0. The second-order valence-electron chi connectivity index (χ2n) is 3.93. The standard InChI is InChI=1S/C4H9NO.2C3H7NO.C2H7N.C2H6O/c1-4(6)5(2)3;2*1-3(5)4-2;2*1-3-2/h1-3H3;2*1-2H3,(H,4,5);3H,1-2H3;1-2H3. The van der Waals surface area contributed by atoms with Gasteiger partial charge in [0.25, 0.3) is 0 Å². The lowest BCUT2D eigenvalue weighted by Gasteiger charge is -2.02. The van der Waals surface area contributed by atoms with Gasteiger partial charge < -0.3 is 25.6 Å². The Morgan fingerprint density at radius 3 is 0.864 bits per heavy atom. The predicted molar refractivity (Wildman–Crippen MR) is 91.8 cm³/mol. The normalized spacial score (nSPS) is 6.86. The third kappa shape index (κ3) is 137. The lowest BCUT2D eigenvalue weighted by atomic mass is 10.7. The van der Waals surface area contributed by atoms with Crippen molar-refractivity contribution < 1.29 is 19.1 Å². The smallest absolute Gasteiger partial charge is 0.218 e. The molecule has 3 N–H and O–H groups in total. The SMILES string of the molecule is CC(=O)N(C)C.CNC.CNC(C)=O.CNC(C)=O.COC. The minimum absolute atomic E-state index is 0.00463. The van der Waals surface area contributed by atoms with E-state index < -0.39 is 0 Å². The molecule has 22 heavy (non-hydrogen) atoms. The molecule has 0 radical (unpaired) electrons. The van der Waals surface area contributed by atoms with Crippen LogP contribution in [-0.4, -0.2) is 79.1 Å². The van der Waals surface area contributed by atoms with Crippen LogP contribution in [0, 0.1) is 0 Å². The number of carbonyl (C=O) groups is 3. The number of methoxy groups -OCH3 is 1. The van der Waals surface area contributed by atoms with Gasteiger partial charge in [-0.1, -0.05) is 0 Å². The number of nitrogens with one attached hydrogen (secondary N) is 3. The second kappa shape index (κ2) is 31.6. The number of nitrogens with zero attached hydrogens (tertiary/aromatic N) is 1. The molecule has 0 aromatic carbocycles. The van der Waals surface area contributed by atoms with E-state index in [1.54, 1.807) is 42.4 Å². The first-order valence-corrected chi connectivity index (χ1v) is 6.55. The van der Waals surface area contributed by atoms with Gasteiger partial charge >= 0.3 is 0 Å². The molecule has 0 aromatic rings. The van der Waals surface area contributed by atoms with Gasteiger partial charge in [0.05, 0.1) is 0 Å². The van der Waals surface area contributed by atoms with Gasteiger partial charge in [-0.2, -0.15) is 0 Å². The Balaban J connectivity index is -0.0000000563. The van der Waals surface area contributed by atoms with Gasteiger partial charge in [-0.15, -0.1) is 0 Å². The summed E-state index contributed by atoms with van der Waals surface area (Å²) in [6, 6.07) is 0. The molecule has 0 aliphatic carbocycles. The van der Waals surface area contributed by atoms with Crippen LogP contribution < -0.4 is 16.0 Å². The molecule has 0 atom stereocenters. The molecule has 0 aliphatic rings. The summed E-state index contributed by atoms with van der Waals surface area (Å²) in [4.78, 5) is 31.0. The number of carbonyl (C=O) groups excluding carboxylic acids is 3. The molecule has 0 saturated heterocycles. The molecule has 8 heteroatoms. The maximum absolute atomic E-state index is 10.1. The molecule has 0 aliphatic heterocycles. The zero-order valence-electron chi connectivity index (χ0n) is 16.1. The van der Waals surface area contributed by atoms with Crippen molar-refractivity contribution in [2.45, 2.75) is 20.8 Å². The molecule has 0 aromatic heterocycles. The van der Waals surface area contributed by atoms with Gasteiger partial charge in [-0.3, -0.25) is 14.4 Å². The molecule has 0 heterocycles. The lowest BCUT2D eigenvalue weighted by Crippen LogP contribution is -2.17. The van der Waals surface area contributed by atoms with Crippen molar-refractivity contribution >= 4 is 17.7 Å². The average molecular weight is 324 g/mol. The number of hydrogen-bond acceptors (Lipinski definition) is 5. The summed E-state index contributed by atoms with van der Waals surface area (Å²) in [5.41, 5.74) is 0. The highest BCUT2D eigenvalue weighted by Gasteiger charge is 1.87. The summed E-state index contributed by atoms with van der Waals surface area (Å²) in [6.07, 6.45) is 0. The first kappa shape index (κ1) is 32.3. The van der Waals surface area contributed by atoms with Crippen LogP contribution in [0.3, 0.4) is 0 Å². The molecular formula is C14H36N4O4. The van der Waals surface area contributed by atoms with Crippen LogP contribution in [-0.2, 0) is 19.1 Å². The predicted octanol–water partition coefficient (Wildman–Crippen LogP) is -0.303. The topological polar surface area (TPSA) is 99.8 Å². The highest BCUT2D eigenvalue weighted by Crippen LogP contribution is 1.69. The first-order chi connectivity index (χ1) is 10.0. The molecule has 0 fully saturated rings. The van der Waals surface area contributed by atoms with E-state index in [2.05, 4.69) is 20.7 Å². The summed E-state index contributed by atoms with van der Waals surface area (Å²) in [5, 5.41) is 7.53. The van der Waals surface area contributed by atoms with E-state index in [0.717, 1.165) is 0 Å². The van der Waals surface area contributed by atoms with Gasteiger partial charge in [-0.05, 0) is 14.1 Å². The van der Waals surface area contributed by atoms with Crippen LogP contribution in [0.25, 0.3) is 0 Å². The summed E-state index contributed by atoms with van der Waals surface area (Å²) in [5.74, 6) is 0.102. The summed E-state index contributed by atoms with van der Waals surface area (Å²) in [6.45, 7) is 4.47. The minimum atomic E-state index is 0.00463. The largest absolute Gasteiger partial charge is 0.388 e. The quantitative estimate of drug-likeness (QED) is 0.568. The van der Waals surface area contributed by atoms with Gasteiger partial charge in [0.15, 0.2) is 0 Å². The van der Waals surface area contributed by atoms with Crippen molar-refractivity contribution in [3.05, 3.63) is 0 Å². The maximum atomic E-state index is 10.1. The average Bonchev–Trinajstić information content (AvgIpc) is 2.41. The van der Waals surface area contributed by atoms with E-state index in [1.807, 2.05) is 14.1 Å². The summed E-state index contributed by atoms with van der Waals surface area (Å²) in [7, 11) is 13.6. The molecule has 0 spiro atoms. The monoisotopic (exact) mass is 324 g/mol. The molecule has 0 rings (SSSR count). The van der Waals surface area contributed by atoms with Gasteiger partial charge in [0, 0.05) is 63.2 Å². The van der Waals surface area contributed by atoms with Crippen molar-refractivity contribution in [2.24, 2.45) is 0 Å². The Labute approximate surface area is 136 Å². The Hall–Kier alpha value is -1.67. The van der Waals surface area contributed by atoms with E-state index in [9.17, 15) is 14.4 Å². The fraction of sp³-hybridized carbons (Fsp3) is 0.786. The molecule has 0 bridgehead atoms. The zero-order chi connectivity index (χ0) is 19.1. The van der Waals surface area contributed by atoms with Crippen LogP contribution in [0.4, 0.5) is 0 Å². The third-order valence-electron chi connectivity index (χ3n) is 1.33. The van der Waals surface area contributed by atoms with Gasteiger partial charge in [0.1, 0.15) is 0 Å². The number of rotatable bonds is 0. The third-order valence-corrected chi connectivity index (χ3v) is 1.33. The van der Waals surface area contributed by atoms with E-state index in [0.29, 0.717) is 0 Å². The van der Waals surface area contributed by atoms with Crippen LogP contribution in [0.5, 0.6) is 0 Å². The highest BCUT2D eigenvalue weighted by atomic mass is 16.4. The van der Waals surface area contributed by atoms with Crippen LogP contribution in [0.15, 0.2) is 0 Å². The number of hydrogen-bond donors (Lipinski definition) is 3. The van der Waals surface area contributed by atoms with Crippen molar-refractivity contribution in [3.63, 3.8) is 0 Å². The van der Waals surface area contributed by atoms with E-state index in [1.165, 1.54) is 25.7 Å². The Bertz CT molecular complexity index is 231. The molecule has 0 unspecified atom stereocenters. The Kier molecular flexibility index (Phi) is 46.5. The molecule has 3 amide bonds. The second-order valence-corrected chi connectivity index (χ2v) is 3.93. The van der Waals surface area contributed by atoms with Crippen LogP contribution in [0.1, 0.15) is 20.8 Å². The van der Waals surface area contributed by atoms with E-state index in [-0.39, 0.29) is 17.7 Å². The highest BCUT2D eigenvalue weighted by molar-refractivity contribution is 5.72. The van der Waals surface area contributed by atoms with Crippen molar-refractivity contribution in [1.29, 1.82) is 0 Å². The summed E-state index contributed by atoms with van der Waals surface area (Å²) < 4.78 is 4.25. The van der Waals surface area contributed by atoms with E-state index >= 15 is 0 Å². The molecule has 8 nitrogen and oxygen atoms in total. The van der Waals surface area contributed by atoms with Crippen molar-refractivity contribution in [1.82, 2.24) is 20.9 Å². The van der Waals surface area contributed by atoms with Gasteiger partial charge in [0.2, 0.25) is 17.7 Å². The fourth-order valence-corrected chi connectivity index (χ4v) is 0. The first-order valence-electron chi connectivity index (χ1n) is 6.55. The van der Waals surface area contributed by atoms with Crippen LogP contribution >= 0.6 is 0 Å². The van der Waals surface area contributed by atoms with Gasteiger partial charge in [-0.25, -0.2) is 0 Å². The number of ether oxygens (including phenoxy) is 1. The van der Waals surface area contributed by atoms with Crippen molar-refractivity contribution in [3.8, 4) is 0 Å². The fourth-order valence-electron chi connectivity index (χ4n) is 0. The van der Waals surface area contributed by atoms with Crippen molar-refractivity contribution in [2.75, 3.05) is 56.5 Å². The Morgan fingerprint density at radius 2 is 0.864 bits per heavy atom. The van der Waals surface area contributed by atoms with Crippen LogP contribution in [0.2, 0.25) is 0 Å². The molecule has 0 saturated carbocycles. The zero-order valence-corrected chi connectivity index (χ0v) is 16.1. The molecular weight excluding hydrogens is 288 g/mol. The Morgan fingerprint density at radius 1 is 0.773 bits per heavy atom. The maximum Gasteiger partial charge on any atom is 0.218 e. The number of amides is 3. The lowest BCUT2D eigenvalue weighted by molar-refractivity contribution is -0.126.